The number of nitriles is 1. The summed E-state index contributed by atoms with van der Waals surface area (Å²) in [5, 5.41) is 12.0. The van der Waals surface area contributed by atoms with Crippen LogP contribution in [0.25, 0.3) is 22.9 Å². The van der Waals surface area contributed by atoms with Gasteiger partial charge in [0.2, 0.25) is 0 Å². The molecule has 2 aromatic heterocycles. The van der Waals surface area contributed by atoms with Crippen molar-refractivity contribution in [2.75, 3.05) is 7.11 Å². The Balaban J connectivity index is 1.90. The molecule has 0 amide bonds. The predicted octanol–water partition coefficient (Wildman–Crippen LogP) is 4.78. The summed E-state index contributed by atoms with van der Waals surface area (Å²) in [5.74, 6) is 2.27. The summed E-state index contributed by atoms with van der Waals surface area (Å²) in [6, 6.07) is 13.6. The van der Waals surface area contributed by atoms with Gasteiger partial charge in [0.1, 0.15) is 28.3 Å². The van der Waals surface area contributed by atoms with Gasteiger partial charge in [0.05, 0.1) is 18.4 Å². The van der Waals surface area contributed by atoms with Crippen molar-refractivity contribution in [1.82, 2.24) is 4.98 Å². The summed E-state index contributed by atoms with van der Waals surface area (Å²) in [6.45, 7) is 1.87. The van der Waals surface area contributed by atoms with Crippen LogP contribution in [0.2, 0.25) is 0 Å². The Labute approximate surface area is 138 Å². The smallest absolute Gasteiger partial charge is 0.134 e. The molecule has 0 radical (unpaired) electrons. The molecule has 0 aliphatic rings. The Morgan fingerprint density at radius 1 is 1.26 bits per heavy atom. The van der Waals surface area contributed by atoms with Crippen LogP contribution in [0.5, 0.6) is 5.75 Å². The number of furan rings is 1. The first-order valence-electron chi connectivity index (χ1n) is 6.98. The molecule has 23 heavy (non-hydrogen) atoms. The van der Waals surface area contributed by atoms with Crippen LogP contribution in [-0.2, 0) is 0 Å². The van der Waals surface area contributed by atoms with Gasteiger partial charge in [0.25, 0.3) is 0 Å². The number of hydrogen-bond acceptors (Lipinski definition) is 5. The van der Waals surface area contributed by atoms with Gasteiger partial charge in [0, 0.05) is 17.0 Å². The second-order valence-corrected chi connectivity index (χ2v) is 5.74. The fourth-order valence-electron chi connectivity index (χ4n) is 2.11. The number of rotatable bonds is 4. The third-order valence-corrected chi connectivity index (χ3v) is 4.16. The average Bonchev–Trinajstić information content (AvgIpc) is 3.22. The van der Waals surface area contributed by atoms with Crippen molar-refractivity contribution in [2.24, 2.45) is 0 Å². The number of nitrogens with zero attached hydrogens (tertiary/aromatic N) is 2. The van der Waals surface area contributed by atoms with Crippen LogP contribution in [0.4, 0.5) is 0 Å². The van der Waals surface area contributed by atoms with Crippen molar-refractivity contribution in [1.29, 1.82) is 5.26 Å². The summed E-state index contributed by atoms with van der Waals surface area (Å²) in [4.78, 5) is 4.56. The van der Waals surface area contributed by atoms with E-state index in [1.807, 2.05) is 48.7 Å². The second kappa shape index (κ2) is 6.51. The first-order valence-corrected chi connectivity index (χ1v) is 7.86. The van der Waals surface area contributed by atoms with Gasteiger partial charge in [-0.15, -0.1) is 11.3 Å². The molecular weight excluding hydrogens is 308 g/mol. The summed E-state index contributed by atoms with van der Waals surface area (Å²) in [7, 11) is 1.64. The number of ether oxygens (including phenoxy) is 1. The fraction of sp³-hybridized carbons (Fsp3) is 0.111. The van der Waals surface area contributed by atoms with Gasteiger partial charge >= 0.3 is 0 Å². The molecule has 0 saturated carbocycles. The largest absolute Gasteiger partial charge is 0.497 e. The molecular formula is C18H14N2O2S. The van der Waals surface area contributed by atoms with E-state index in [-0.39, 0.29) is 0 Å². The zero-order valence-corrected chi connectivity index (χ0v) is 13.6. The van der Waals surface area contributed by atoms with E-state index in [2.05, 4.69) is 11.1 Å². The second-order valence-electron chi connectivity index (χ2n) is 4.88. The number of methoxy groups -OCH3 is 1. The highest BCUT2D eigenvalue weighted by Crippen LogP contribution is 2.28. The molecule has 0 aliphatic carbocycles. The van der Waals surface area contributed by atoms with E-state index in [1.54, 1.807) is 13.2 Å². The Morgan fingerprint density at radius 3 is 2.65 bits per heavy atom. The van der Waals surface area contributed by atoms with Gasteiger partial charge < -0.3 is 9.15 Å². The minimum Gasteiger partial charge on any atom is -0.497 e. The lowest BCUT2D eigenvalue weighted by Crippen LogP contribution is -1.84. The number of hydrogen-bond donors (Lipinski definition) is 0. The highest BCUT2D eigenvalue weighted by Gasteiger charge is 2.10. The Kier molecular flexibility index (Phi) is 4.26. The molecule has 3 aromatic rings. The standard InChI is InChI=1S/C18H14N2O2S/c1-12-3-6-16(22-12)9-14(10-19)18-20-17(11-23-18)13-4-7-15(21-2)8-5-13/h3-9,11H,1-2H3/b14-9+. The summed E-state index contributed by atoms with van der Waals surface area (Å²) in [5.41, 5.74) is 2.31. The molecule has 0 aliphatic heterocycles. The van der Waals surface area contributed by atoms with Crippen LogP contribution < -0.4 is 4.74 Å². The molecule has 0 spiro atoms. The maximum atomic E-state index is 9.39. The third-order valence-electron chi connectivity index (χ3n) is 3.29. The zero-order chi connectivity index (χ0) is 16.2. The van der Waals surface area contributed by atoms with E-state index in [9.17, 15) is 5.26 Å². The zero-order valence-electron chi connectivity index (χ0n) is 12.7. The van der Waals surface area contributed by atoms with E-state index < -0.39 is 0 Å². The van der Waals surface area contributed by atoms with Crippen LogP contribution >= 0.6 is 11.3 Å². The van der Waals surface area contributed by atoms with Gasteiger partial charge in [-0.3, -0.25) is 0 Å². The topological polar surface area (TPSA) is 59.0 Å². The molecule has 0 N–H and O–H groups in total. The lowest BCUT2D eigenvalue weighted by molar-refractivity contribution is 0.415. The lowest BCUT2D eigenvalue weighted by Gasteiger charge is -2.00. The van der Waals surface area contributed by atoms with Crippen LogP contribution in [0.3, 0.4) is 0 Å². The SMILES string of the molecule is COc1ccc(-c2csc(/C(C#N)=C/c3ccc(C)o3)n2)cc1. The van der Waals surface area contributed by atoms with Gasteiger partial charge in [0.15, 0.2) is 0 Å². The van der Waals surface area contributed by atoms with E-state index in [4.69, 9.17) is 9.15 Å². The minimum absolute atomic E-state index is 0.490. The number of aromatic nitrogens is 1. The number of benzene rings is 1. The Bertz CT molecular complexity index is 882. The maximum Gasteiger partial charge on any atom is 0.134 e. The molecule has 0 saturated heterocycles. The fourth-order valence-corrected chi connectivity index (χ4v) is 2.90. The van der Waals surface area contributed by atoms with Crippen molar-refractivity contribution >= 4 is 23.0 Å². The molecule has 0 atom stereocenters. The van der Waals surface area contributed by atoms with Crippen LogP contribution in [0.15, 0.2) is 46.2 Å². The number of thiazole rings is 1. The highest BCUT2D eigenvalue weighted by molar-refractivity contribution is 7.11. The van der Waals surface area contributed by atoms with Gasteiger partial charge in [-0.25, -0.2) is 4.98 Å². The lowest BCUT2D eigenvalue weighted by atomic mass is 10.1. The van der Waals surface area contributed by atoms with Gasteiger partial charge in [-0.05, 0) is 43.3 Å². The quantitative estimate of drug-likeness (QED) is 0.648. The molecule has 2 heterocycles. The first kappa shape index (κ1) is 15.1. The van der Waals surface area contributed by atoms with Crippen LogP contribution in [0, 0.1) is 18.3 Å². The monoisotopic (exact) mass is 322 g/mol. The minimum atomic E-state index is 0.490. The number of aryl methyl sites for hydroxylation is 1. The Hall–Kier alpha value is -2.84. The van der Waals surface area contributed by atoms with Crippen LogP contribution in [-0.4, -0.2) is 12.1 Å². The van der Waals surface area contributed by atoms with Crippen molar-refractivity contribution in [3.05, 3.63) is 58.3 Å². The van der Waals surface area contributed by atoms with Crippen molar-refractivity contribution in [2.45, 2.75) is 6.92 Å². The molecule has 0 unspecified atom stereocenters. The molecule has 3 rings (SSSR count). The molecule has 0 bridgehead atoms. The summed E-state index contributed by atoms with van der Waals surface area (Å²) in [6.07, 6.45) is 1.71. The maximum absolute atomic E-state index is 9.39. The summed E-state index contributed by atoms with van der Waals surface area (Å²) >= 11 is 1.44. The highest BCUT2D eigenvalue weighted by atomic mass is 32.1. The first-order chi connectivity index (χ1) is 11.2. The third kappa shape index (κ3) is 3.33. The molecule has 1 aromatic carbocycles. The van der Waals surface area contributed by atoms with E-state index in [0.717, 1.165) is 22.8 Å². The van der Waals surface area contributed by atoms with Crippen molar-refractivity contribution in [3.8, 4) is 23.1 Å². The summed E-state index contributed by atoms with van der Waals surface area (Å²) < 4.78 is 10.6. The normalized spacial score (nSPS) is 11.3. The Morgan fingerprint density at radius 2 is 2.04 bits per heavy atom. The van der Waals surface area contributed by atoms with E-state index in [0.29, 0.717) is 16.3 Å². The van der Waals surface area contributed by atoms with Crippen LogP contribution in [0.1, 0.15) is 16.5 Å². The van der Waals surface area contributed by atoms with E-state index in [1.165, 1.54) is 11.3 Å². The van der Waals surface area contributed by atoms with Gasteiger partial charge in [-0.2, -0.15) is 5.26 Å². The van der Waals surface area contributed by atoms with Crippen molar-refractivity contribution < 1.29 is 9.15 Å². The molecule has 114 valence electrons. The van der Waals surface area contributed by atoms with Crippen molar-refractivity contribution in [3.63, 3.8) is 0 Å². The van der Waals surface area contributed by atoms with Gasteiger partial charge in [-0.1, -0.05) is 0 Å². The van der Waals surface area contributed by atoms with E-state index >= 15 is 0 Å². The average molecular weight is 322 g/mol. The predicted molar refractivity (Wildman–Crippen MR) is 91.0 cm³/mol. The molecule has 4 nitrogen and oxygen atoms in total. The molecule has 5 heteroatoms. The number of allylic oxidation sites excluding steroid dienone is 1. The molecule has 0 fully saturated rings.